The SMILES string of the molecule is CS(=O)(=O)Nc1ccc(C=Cc2cc(-c3ccc[nH]c3=O)cc(C3(Cl)CC3)c2)cc1. The van der Waals surface area contributed by atoms with Gasteiger partial charge in [-0.25, -0.2) is 8.42 Å². The number of sulfonamides is 1. The fourth-order valence-electron chi connectivity index (χ4n) is 3.28. The average molecular weight is 441 g/mol. The lowest BCUT2D eigenvalue weighted by Gasteiger charge is -2.11. The Hall–Kier alpha value is -2.83. The molecule has 0 saturated heterocycles. The van der Waals surface area contributed by atoms with Crippen LogP contribution < -0.4 is 10.3 Å². The molecule has 2 N–H and O–H groups in total. The molecule has 154 valence electrons. The van der Waals surface area contributed by atoms with Crippen LogP contribution in [0.2, 0.25) is 0 Å². The molecule has 0 radical (unpaired) electrons. The molecule has 1 aromatic heterocycles. The molecule has 0 aliphatic heterocycles. The number of aromatic nitrogens is 1. The number of nitrogens with one attached hydrogen (secondary N) is 2. The van der Waals surface area contributed by atoms with Crippen molar-refractivity contribution in [2.45, 2.75) is 17.7 Å². The van der Waals surface area contributed by atoms with Gasteiger partial charge in [-0.3, -0.25) is 9.52 Å². The summed E-state index contributed by atoms with van der Waals surface area (Å²) in [5.74, 6) is 0. The zero-order chi connectivity index (χ0) is 21.4. The van der Waals surface area contributed by atoms with Crippen LogP contribution in [-0.4, -0.2) is 19.7 Å². The highest BCUT2D eigenvalue weighted by molar-refractivity contribution is 7.92. The fourth-order valence-corrected chi connectivity index (χ4v) is 4.05. The molecule has 0 bridgehead atoms. The van der Waals surface area contributed by atoms with E-state index in [1.807, 2.05) is 36.4 Å². The van der Waals surface area contributed by atoms with Gasteiger partial charge in [0.05, 0.1) is 11.1 Å². The van der Waals surface area contributed by atoms with Crippen LogP contribution in [0.1, 0.15) is 29.5 Å². The molecule has 1 aliphatic rings. The highest BCUT2D eigenvalue weighted by atomic mass is 35.5. The highest BCUT2D eigenvalue weighted by Gasteiger charge is 2.42. The first kappa shape index (κ1) is 20.4. The van der Waals surface area contributed by atoms with Crippen molar-refractivity contribution in [2.75, 3.05) is 11.0 Å². The Balaban J connectivity index is 1.66. The van der Waals surface area contributed by atoms with E-state index in [0.29, 0.717) is 11.3 Å². The second kappa shape index (κ2) is 7.78. The first-order chi connectivity index (χ1) is 14.2. The minimum Gasteiger partial charge on any atom is -0.329 e. The number of H-pyrrole nitrogens is 1. The average Bonchev–Trinajstić information content (AvgIpc) is 3.45. The molecule has 0 amide bonds. The molecule has 1 heterocycles. The van der Waals surface area contributed by atoms with Crippen LogP contribution >= 0.6 is 11.6 Å². The molecule has 0 unspecified atom stereocenters. The van der Waals surface area contributed by atoms with E-state index in [1.165, 1.54) is 0 Å². The number of anilines is 1. The summed E-state index contributed by atoms with van der Waals surface area (Å²) in [5, 5.41) is 0. The summed E-state index contributed by atoms with van der Waals surface area (Å²) in [4.78, 5) is 14.6. The zero-order valence-electron chi connectivity index (χ0n) is 16.4. The Labute approximate surface area is 180 Å². The van der Waals surface area contributed by atoms with Crippen molar-refractivity contribution in [1.29, 1.82) is 0 Å². The summed E-state index contributed by atoms with van der Waals surface area (Å²) in [7, 11) is -3.30. The number of aromatic amines is 1. The fraction of sp³-hybridized carbons (Fsp3) is 0.174. The monoisotopic (exact) mass is 440 g/mol. The molecule has 1 fully saturated rings. The third-order valence-electron chi connectivity index (χ3n) is 4.97. The zero-order valence-corrected chi connectivity index (χ0v) is 17.9. The topological polar surface area (TPSA) is 79.0 Å². The summed E-state index contributed by atoms with van der Waals surface area (Å²) < 4.78 is 25.1. The van der Waals surface area contributed by atoms with Gasteiger partial charge in [0.15, 0.2) is 0 Å². The van der Waals surface area contributed by atoms with Gasteiger partial charge in [0.2, 0.25) is 10.0 Å². The molecule has 3 aromatic rings. The van der Waals surface area contributed by atoms with Crippen molar-refractivity contribution < 1.29 is 8.42 Å². The van der Waals surface area contributed by atoms with Crippen molar-refractivity contribution >= 4 is 39.5 Å². The molecule has 0 spiro atoms. The van der Waals surface area contributed by atoms with Gasteiger partial charge in [0, 0.05) is 17.4 Å². The van der Waals surface area contributed by atoms with E-state index in [-0.39, 0.29) is 10.4 Å². The molecule has 1 saturated carbocycles. The number of pyridine rings is 1. The molecule has 0 atom stereocenters. The van der Waals surface area contributed by atoms with E-state index < -0.39 is 10.0 Å². The van der Waals surface area contributed by atoms with E-state index in [0.717, 1.165) is 41.4 Å². The number of hydrogen-bond acceptors (Lipinski definition) is 3. The van der Waals surface area contributed by atoms with Gasteiger partial charge in [-0.1, -0.05) is 24.3 Å². The van der Waals surface area contributed by atoms with Gasteiger partial charge < -0.3 is 4.98 Å². The van der Waals surface area contributed by atoms with Crippen molar-refractivity contribution in [2.24, 2.45) is 0 Å². The van der Waals surface area contributed by atoms with E-state index >= 15 is 0 Å². The van der Waals surface area contributed by atoms with Gasteiger partial charge in [-0.05, 0) is 77.6 Å². The van der Waals surface area contributed by atoms with Crippen LogP contribution in [-0.2, 0) is 14.9 Å². The quantitative estimate of drug-likeness (QED) is 0.426. The lowest BCUT2D eigenvalue weighted by Crippen LogP contribution is -2.09. The van der Waals surface area contributed by atoms with Crippen molar-refractivity contribution in [3.8, 4) is 11.1 Å². The minimum atomic E-state index is -3.30. The molecule has 7 heteroatoms. The second-order valence-corrected chi connectivity index (χ2v) is 10.0. The maximum absolute atomic E-state index is 12.3. The van der Waals surface area contributed by atoms with Gasteiger partial charge in [0.25, 0.3) is 5.56 Å². The molecular weight excluding hydrogens is 420 g/mol. The Morgan fingerprint density at radius 2 is 1.73 bits per heavy atom. The Kier molecular flexibility index (Phi) is 5.30. The van der Waals surface area contributed by atoms with E-state index in [9.17, 15) is 13.2 Å². The van der Waals surface area contributed by atoms with Gasteiger partial charge in [-0.2, -0.15) is 0 Å². The van der Waals surface area contributed by atoms with Crippen LogP contribution in [0, 0.1) is 0 Å². The van der Waals surface area contributed by atoms with E-state index in [4.69, 9.17) is 11.6 Å². The second-order valence-electron chi connectivity index (χ2n) is 7.55. The van der Waals surface area contributed by atoms with Crippen molar-refractivity contribution in [3.05, 3.63) is 87.8 Å². The molecule has 30 heavy (non-hydrogen) atoms. The summed E-state index contributed by atoms with van der Waals surface area (Å²) >= 11 is 6.66. The van der Waals surface area contributed by atoms with Crippen LogP contribution in [0.15, 0.2) is 65.6 Å². The summed E-state index contributed by atoms with van der Waals surface area (Å²) in [5.41, 5.74) is 4.68. The number of alkyl halides is 1. The van der Waals surface area contributed by atoms with Gasteiger partial charge >= 0.3 is 0 Å². The van der Waals surface area contributed by atoms with Crippen molar-refractivity contribution in [1.82, 2.24) is 4.98 Å². The lowest BCUT2D eigenvalue weighted by molar-refractivity contribution is 0.607. The predicted molar refractivity (Wildman–Crippen MR) is 123 cm³/mol. The molecular formula is C23H21ClN2O3S. The summed E-state index contributed by atoms with van der Waals surface area (Å²) in [6, 6.07) is 16.7. The maximum Gasteiger partial charge on any atom is 0.255 e. The van der Waals surface area contributed by atoms with E-state index in [1.54, 1.807) is 30.5 Å². The lowest BCUT2D eigenvalue weighted by atomic mass is 9.97. The molecule has 2 aromatic carbocycles. The third kappa shape index (κ3) is 4.83. The molecule has 4 rings (SSSR count). The number of rotatable bonds is 6. The van der Waals surface area contributed by atoms with Gasteiger partial charge in [-0.15, -0.1) is 11.6 Å². The molecule has 1 aliphatic carbocycles. The van der Waals surface area contributed by atoms with E-state index in [2.05, 4.69) is 15.8 Å². The normalized spacial score (nSPS) is 15.3. The summed E-state index contributed by atoms with van der Waals surface area (Å²) in [6.07, 6.45) is 8.47. The molecule has 5 nitrogen and oxygen atoms in total. The van der Waals surface area contributed by atoms with Crippen LogP contribution in [0.4, 0.5) is 5.69 Å². The predicted octanol–water partition coefficient (Wildman–Crippen LogP) is 4.81. The van der Waals surface area contributed by atoms with Crippen LogP contribution in [0.3, 0.4) is 0 Å². The Morgan fingerprint density at radius 1 is 1.03 bits per heavy atom. The first-order valence-electron chi connectivity index (χ1n) is 9.50. The van der Waals surface area contributed by atoms with Crippen LogP contribution in [0.25, 0.3) is 23.3 Å². The van der Waals surface area contributed by atoms with Crippen LogP contribution in [0.5, 0.6) is 0 Å². The standard InChI is InChI=1S/C23H21ClN2O3S/c1-30(28,29)26-20-8-6-16(7-9-20)4-5-17-13-18(21-3-2-12-25-22(21)27)15-19(14-17)23(24)10-11-23/h2-9,12-15,26H,10-11H2,1H3,(H,25,27). The largest absolute Gasteiger partial charge is 0.329 e. The Bertz CT molecular complexity index is 1270. The van der Waals surface area contributed by atoms with Gasteiger partial charge in [0.1, 0.15) is 0 Å². The number of halogens is 1. The first-order valence-corrected chi connectivity index (χ1v) is 11.8. The maximum atomic E-state index is 12.3. The minimum absolute atomic E-state index is 0.141. The summed E-state index contributed by atoms with van der Waals surface area (Å²) in [6.45, 7) is 0. The smallest absolute Gasteiger partial charge is 0.255 e. The number of benzene rings is 2. The highest BCUT2D eigenvalue weighted by Crippen LogP contribution is 2.52. The third-order valence-corrected chi connectivity index (χ3v) is 6.18. The Morgan fingerprint density at radius 3 is 2.37 bits per heavy atom. The van der Waals surface area contributed by atoms with Crippen molar-refractivity contribution in [3.63, 3.8) is 0 Å². The number of hydrogen-bond donors (Lipinski definition) is 2.